The van der Waals surface area contributed by atoms with Gasteiger partial charge in [0.05, 0.1) is 12.7 Å². The molecular formula is C7H17NaO5S. The molecule has 0 fully saturated rings. The zero-order valence-electron chi connectivity index (χ0n) is 7.64. The topological polar surface area (TPSA) is 83.8 Å². The fourth-order valence-electron chi connectivity index (χ4n) is 0.757. The monoisotopic (exact) mass is 236 g/mol. The van der Waals surface area contributed by atoms with Crippen molar-refractivity contribution in [3.05, 3.63) is 0 Å². The average molecular weight is 236 g/mol. The molecule has 0 aliphatic rings. The van der Waals surface area contributed by atoms with Crippen molar-refractivity contribution < 1.29 is 22.8 Å². The van der Waals surface area contributed by atoms with Crippen LogP contribution >= 0.6 is 0 Å². The Morgan fingerprint density at radius 3 is 2.43 bits per heavy atom. The van der Waals surface area contributed by atoms with Gasteiger partial charge in [0.25, 0.3) is 10.1 Å². The van der Waals surface area contributed by atoms with Gasteiger partial charge < -0.3 is 9.84 Å². The molecule has 0 aromatic carbocycles. The molecule has 0 spiro atoms. The third-order valence-corrected chi connectivity index (χ3v) is 2.16. The molecule has 2 N–H and O–H groups in total. The summed E-state index contributed by atoms with van der Waals surface area (Å²) in [6, 6.07) is 0. The van der Waals surface area contributed by atoms with Crippen LogP contribution in [0.25, 0.3) is 0 Å². The third kappa shape index (κ3) is 12.8. The van der Waals surface area contributed by atoms with E-state index in [1.165, 1.54) is 0 Å². The van der Waals surface area contributed by atoms with Gasteiger partial charge in [0.1, 0.15) is 5.75 Å². The summed E-state index contributed by atoms with van der Waals surface area (Å²) in [6.07, 6.45) is 0.708. The molecule has 0 aliphatic carbocycles. The summed E-state index contributed by atoms with van der Waals surface area (Å²) >= 11 is 0. The Hall–Kier alpha value is 0.830. The summed E-state index contributed by atoms with van der Waals surface area (Å²) in [5.41, 5.74) is 0. The number of aliphatic hydroxyl groups excluding tert-OH is 1. The van der Waals surface area contributed by atoms with E-state index >= 15 is 0 Å². The standard InChI is InChI=1S/C7H16O5S.Na.H/c1-2-3-4-12-5-7(8)6-13(9,10)11;;/h7-8H,2-6H2,1H3,(H,9,10,11);;. The average Bonchev–Trinajstić information content (AvgIpc) is 1.94. The molecule has 1 atom stereocenters. The number of aliphatic hydroxyl groups is 1. The van der Waals surface area contributed by atoms with E-state index in [4.69, 9.17) is 14.4 Å². The minimum absolute atomic E-state index is 0. The summed E-state index contributed by atoms with van der Waals surface area (Å²) in [6.45, 7) is 2.44. The van der Waals surface area contributed by atoms with Gasteiger partial charge in [-0.15, -0.1) is 0 Å². The summed E-state index contributed by atoms with van der Waals surface area (Å²) in [5.74, 6) is -0.668. The normalized spacial score (nSPS) is 13.4. The van der Waals surface area contributed by atoms with Crippen LogP contribution in [0.4, 0.5) is 0 Å². The number of hydrogen-bond acceptors (Lipinski definition) is 4. The molecular weight excluding hydrogens is 219 g/mol. The molecule has 0 bridgehead atoms. The first kappa shape index (κ1) is 17.2. The van der Waals surface area contributed by atoms with Crippen LogP contribution < -0.4 is 0 Å². The van der Waals surface area contributed by atoms with Crippen LogP contribution in [-0.4, -0.2) is 72.7 Å². The van der Waals surface area contributed by atoms with Crippen molar-refractivity contribution in [3.8, 4) is 0 Å². The molecule has 5 nitrogen and oxygen atoms in total. The third-order valence-electron chi connectivity index (χ3n) is 1.36. The number of hydrogen-bond donors (Lipinski definition) is 2. The van der Waals surface area contributed by atoms with Crippen LogP contribution in [0.3, 0.4) is 0 Å². The number of rotatable bonds is 7. The van der Waals surface area contributed by atoms with Gasteiger partial charge in [0.2, 0.25) is 0 Å². The first-order chi connectivity index (χ1) is 5.95. The van der Waals surface area contributed by atoms with Crippen molar-refractivity contribution in [1.82, 2.24) is 0 Å². The molecule has 0 saturated carbocycles. The number of ether oxygens (including phenoxy) is 1. The van der Waals surface area contributed by atoms with E-state index in [1.807, 2.05) is 6.92 Å². The van der Waals surface area contributed by atoms with E-state index in [1.54, 1.807) is 0 Å². The Morgan fingerprint density at radius 2 is 2.00 bits per heavy atom. The molecule has 1 unspecified atom stereocenters. The predicted octanol–water partition coefficient (Wildman–Crippen LogP) is -0.597. The molecule has 0 heterocycles. The Labute approximate surface area is 107 Å². The van der Waals surface area contributed by atoms with Crippen molar-refractivity contribution in [1.29, 1.82) is 0 Å². The van der Waals surface area contributed by atoms with Crippen LogP contribution in [0.5, 0.6) is 0 Å². The SMILES string of the molecule is CCCCOCC(O)CS(=O)(=O)O.[NaH]. The van der Waals surface area contributed by atoms with E-state index in [2.05, 4.69) is 0 Å². The first-order valence-corrected chi connectivity index (χ1v) is 5.77. The van der Waals surface area contributed by atoms with Crippen LogP contribution in [0.15, 0.2) is 0 Å². The van der Waals surface area contributed by atoms with E-state index in [-0.39, 0.29) is 36.2 Å². The van der Waals surface area contributed by atoms with Crippen LogP contribution in [0.2, 0.25) is 0 Å². The zero-order valence-corrected chi connectivity index (χ0v) is 8.46. The van der Waals surface area contributed by atoms with Gasteiger partial charge in [-0.1, -0.05) is 13.3 Å². The Kier molecular flexibility index (Phi) is 11.2. The molecule has 0 amide bonds. The summed E-state index contributed by atoms with van der Waals surface area (Å²) < 4.78 is 33.8. The quantitative estimate of drug-likeness (QED) is 0.350. The Balaban J connectivity index is 0. The molecule has 82 valence electrons. The first-order valence-electron chi connectivity index (χ1n) is 4.16. The van der Waals surface area contributed by atoms with Gasteiger partial charge in [-0.3, -0.25) is 4.55 Å². The molecule has 0 aromatic rings. The number of unbranched alkanes of at least 4 members (excludes halogenated alkanes) is 1. The van der Waals surface area contributed by atoms with E-state index in [0.29, 0.717) is 6.61 Å². The van der Waals surface area contributed by atoms with Crippen molar-refractivity contribution >= 4 is 39.7 Å². The summed E-state index contributed by atoms with van der Waals surface area (Å²) in [5, 5.41) is 9.02. The molecule has 0 rings (SSSR count). The molecule has 0 aliphatic heterocycles. The second kappa shape index (κ2) is 9.08. The fraction of sp³-hybridized carbons (Fsp3) is 1.00. The van der Waals surface area contributed by atoms with E-state index in [0.717, 1.165) is 12.8 Å². The van der Waals surface area contributed by atoms with Crippen molar-refractivity contribution in [3.63, 3.8) is 0 Å². The molecule has 0 radical (unpaired) electrons. The maximum atomic E-state index is 10.3. The van der Waals surface area contributed by atoms with Crippen LogP contribution in [0, 0.1) is 0 Å². The Morgan fingerprint density at radius 1 is 1.43 bits per heavy atom. The second-order valence-electron chi connectivity index (χ2n) is 2.83. The maximum absolute atomic E-state index is 10.3. The van der Waals surface area contributed by atoms with Crippen LogP contribution in [-0.2, 0) is 14.9 Å². The van der Waals surface area contributed by atoms with Crippen molar-refractivity contribution in [2.75, 3.05) is 19.0 Å². The molecule has 14 heavy (non-hydrogen) atoms. The van der Waals surface area contributed by atoms with Gasteiger partial charge in [0, 0.05) is 6.61 Å². The summed E-state index contributed by atoms with van der Waals surface area (Å²) in [7, 11) is -4.10. The fourth-order valence-corrected chi connectivity index (χ4v) is 1.34. The van der Waals surface area contributed by atoms with E-state index in [9.17, 15) is 8.42 Å². The molecule has 0 aromatic heterocycles. The van der Waals surface area contributed by atoms with Gasteiger partial charge in [0.15, 0.2) is 0 Å². The van der Waals surface area contributed by atoms with Gasteiger partial charge in [-0.25, -0.2) is 0 Å². The zero-order chi connectivity index (χ0) is 10.3. The molecule has 7 heteroatoms. The Bertz CT molecular complexity index is 216. The van der Waals surface area contributed by atoms with Crippen LogP contribution in [0.1, 0.15) is 19.8 Å². The minimum atomic E-state index is -4.10. The predicted molar refractivity (Wildman–Crippen MR) is 55.3 cm³/mol. The van der Waals surface area contributed by atoms with Gasteiger partial charge in [-0.05, 0) is 6.42 Å². The summed E-state index contributed by atoms with van der Waals surface area (Å²) in [4.78, 5) is 0. The second-order valence-corrected chi connectivity index (χ2v) is 4.33. The van der Waals surface area contributed by atoms with E-state index < -0.39 is 22.0 Å². The van der Waals surface area contributed by atoms with Crippen molar-refractivity contribution in [2.24, 2.45) is 0 Å². The van der Waals surface area contributed by atoms with Gasteiger partial charge in [-0.2, -0.15) is 8.42 Å². The van der Waals surface area contributed by atoms with Gasteiger partial charge >= 0.3 is 29.6 Å². The van der Waals surface area contributed by atoms with Crippen molar-refractivity contribution in [2.45, 2.75) is 25.9 Å². The molecule has 0 saturated heterocycles.